The molecule has 0 fully saturated rings. The minimum Gasteiger partial charge on any atom is -0.296 e. The summed E-state index contributed by atoms with van der Waals surface area (Å²) in [4.78, 5) is 5.00. The molecule has 8 aromatic carbocycles. The highest BCUT2D eigenvalue weighted by Gasteiger charge is 2.21. The van der Waals surface area contributed by atoms with Crippen molar-refractivity contribution in [3.05, 3.63) is 157 Å². The van der Waals surface area contributed by atoms with E-state index >= 15 is 0 Å². The first kappa shape index (κ1) is 25.7. The maximum Gasteiger partial charge on any atom is 0.114 e. The molecule has 2 nitrogen and oxygen atoms in total. The van der Waals surface area contributed by atoms with Crippen molar-refractivity contribution in [1.82, 2.24) is 9.55 Å². The van der Waals surface area contributed by atoms with E-state index in [-0.39, 0.29) is 0 Å². The third kappa shape index (κ3) is 3.86. The highest BCUT2D eigenvalue weighted by molar-refractivity contribution is 6.25. The molecule has 0 unspecified atom stereocenters. The Morgan fingerprint density at radius 2 is 0.956 bits per heavy atom. The monoisotopic (exact) mass is 574 g/mol. The van der Waals surface area contributed by atoms with Crippen molar-refractivity contribution < 1.29 is 0 Å². The molecule has 1 heterocycles. The van der Waals surface area contributed by atoms with Gasteiger partial charge in [0.2, 0.25) is 0 Å². The second-order valence-corrected chi connectivity index (χ2v) is 11.8. The van der Waals surface area contributed by atoms with Gasteiger partial charge in [-0.2, -0.15) is 0 Å². The number of nitrogens with zero attached hydrogens (tertiary/aromatic N) is 2. The highest BCUT2D eigenvalue weighted by Crippen LogP contribution is 2.47. The Labute approximate surface area is 261 Å². The average Bonchev–Trinajstić information content (AvgIpc) is 3.49. The third-order valence-electron chi connectivity index (χ3n) is 9.35. The molecule has 0 aliphatic carbocycles. The molecule has 9 aromatic rings. The Hall–Kier alpha value is -5.73. The van der Waals surface area contributed by atoms with E-state index in [0.29, 0.717) is 0 Å². The number of rotatable bonds is 4. The van der Waals surface area contributed by atoms with E-state index in [0.717, 1.165) is 23.3 Å². The van der Waals surface area contributed by atoms with E-state index in [1.807, 2.05) is 0 Å². The molecule has 0 radical (unpaired) electrons. The Morgan fingerprint density at radius 3 is 1.62 bits per heavy atom. The number of aromatic nitrogens is 2. The Morgan fingerprint density at radius 1 is 0.444 bits per heavy atom. The fourth-order valence-electron chi connectivity index (χ4n) is 7.43. The lowest BCUT2D eigenvalue weighted by atomic mass is 9.83. The van der Waals surface area contributed by atoms with Crippen molar-refractivity contribution in [2.24, 2.45) is 0 Å². The van der Waals surface area contributed by atoms with Crippen LogP contribution in [0, 0.1) is 0 Å². The van der Waals surface area contributed by atoms with E-state index in [9.17, 15) is 0 Å². The molecule has 9 rings (SSSR count). The van der Waals surface area contributed by atoms with Gasteiger partial charge in [-0.15, -0.1) is 0 Å². The standard InChI is InChI=1S/C43H30N2/c1-2-41-44-38-24-11-12-25-40(38)45(41)39-27-26-37(30-17-5-6-18-31(30)39)43-35-21-9-7-19-33(35)42(34-20-8-10-22-36(34)43)32-23-13-15-28-14-3-4-16-29(28)32/h3-27H,2H2,1H3. The van der Waals surface area contributed by atoms with Crippen LogP contribution in [0.3, 0.4) is 0 Å². The van der Waals surface area contributed by atoms with Gasteiger partial charge in [0, 0.05) is 11.8 Å². The summed E-state index contributed by atoms with van der Waals surface area (Å²) in [6, 6.07) is 55.2. The number of hydrogen-bond acceptors (Lipinski definition) is 1. The summed E-state index contributed by atoms with van der Waals surface area (Å²) in [5, 5.41) is 10.1. The van der Waals surface area contributed by atoms with Gasteiger partial charge in [-0.05, 0) is 78.2 Å². The van der Waals surface area contributed by atoms with Crippen LogP contribution >= 0.6 is 0 Å². The molecule has 0 atom stereocenters. The fourth-order valence-corrected chi connectivity index (χ4v) is 7.43. The molecule has 1 aromatic heterocycles. The van der Waals surface area contributed by atoms with E-state index in [4.69, 9.17) is 4.98 Å². The van der Waals surface area contributed by atoms with Crippen molar-refractivity contribution in [3.63, 3.8) is 0 Å². The Bertz CT molecular complexity index is 2530. The van der Waals surface area contributed by atoms with Gasteiger partial charge in [0.25, 0.3) is 0 Å². The van der Waals surface area contributed by atoms with E-state index in [2.05, 4.69) is 163 Å². The average molecular weight is 575 g/mol. The van der Waals surface area contributed by atoms with Crippen LogP contribution < -0.4 is 0 Å². The van der Waals surface area contributed by atoms with Gasteiger partial charge in [-0.3, -0.25) is 4.57 Å². The van der Waals surface area contributed by atoms with Gasteiger partial charge in [-0.25, -0.2) is 4.98 Å². The van der Waals surface area contributed by atoms with Crippen molar-refractivity contribution in [2.75, 3.05) is 0 Å². The van der Waals surface area contributed by atoms with Crippen LogP contribution in [0.2, 0.25) is 0 Å². The summed E-state index contributed by atoms with van der Waals surface area (Å²) in [6.45, 7) is 2.18. The Balaban J connectivity index is 1.39. The first-order valence-corrected chi connectivity index (χ1v) is 15.7. The lowest BCUT2D eigenvalue weighted by Crippen LogP contribution is -2.01. The zero-order valence-electron chi connectivity index (χ0n) is 25.0. The second-order valence-electron chi connectivity index (χ2n) is 11.8. The minimum absolute atomic E-state index is 0.857. The largest absolute Gasteiger partial charge is 0.296 e. The molecule has 0 bridgehead atoms. The molecular weight excluding hydrogens is 544 g/mol. The molecular formula is C43H30N2. The van der Waals surface area contributed by atoms with E-state index in [1.54, 1.807) is 0 Å². The fraction of sp³-hybridized carbons (Fsp3) is 0.0465. The summed E-state index contributed by atoms with van der Waals surface area (Å²) < 4.78 is 2.35. The molecule has 0 spiro atoms. The van der Waals surface area contributed by atoms with Gasteiger partial charge >= 0.3 is 0 Å². The quantitative estimate of drug-likeness (QED) is 0.191. The minimum atomic E-state index is 0.857. The summed E-state index contributed by atoms with van der Waals surface area (Å²) >= 11 is 0. The van der Waals surface area contributed by atoms with Gasteiger partial charge in [0.05, 0.1) is 16.7 Å². The van der Waals surface area contributed by atoms with E-state index in [1.165, 1.54) is 71.0 Å². The highest BCUT2D eigenvalue weighted by atomic mass is 15.1. The molecule has 0 amide bonds. The Kier molecular flexibility index (Phi) is 5.82. The van der Waals surface area contributed by atoms with Crippen LogP contribution in [0.15, 0.2) is 152 Å². The summed E-state index contributed by atoms with van der Waals surface area (Å²) in [7, 11) is 0. The molecule has 2 heteroatoms. The number of benzene rings is 8. The first-order valence-electron chi connectivity index (χ1n) is 15.7. The smallest absolute Gasteiger partial charge is 0.114 e. The number of para-hydroxylation sites is 2. The normalized spacial score (nSPS) is 11.8. The van der Waals surface area contributed by atoms with Crippen LogP contribution in [0.1, 0.15) is 12.7 Å². The molecule has 0 saturated heterocycles. The summed E-state index contributed by atoms with van der Waals surface area (Å²) in [5.74, 6) is 1.07. The van der Waals surface area contributed by atoms with Crippen LogP contribution in [0.4, 0.5) is 0 Å². The molecule has 45 heavy (non-hydrogen) atoms. The van der Waals surface area contributed by atoms with Crippen LogP contribution in [-0.4, -0.2) is 9.55 Å². The lowest BCUT2D eigenvalue weighted by molar-refractivity contribution is 0.913. The number of imidazole rings is 1. The van der Waals surface area contributed by atoms with Crippen LogP contribution in [-0.2, 0) is 6.42 Å². The predicted molar refractivity (Wildman–Crippen MR) is 191 cm³/mol. The van der Waals surface area contributed by atoms with E-state index < -0.39 is 0 Å². The van der Waals surface area contributed by atoms with Gasteiger partial charge < -0.3 is 0 Å². The number of fused-ring (bicyclic) bond motifs is 5. The molecule has 212 valence electrons. The third-order valence-corrected chi connectivity index (χ3v) is 9.35. The maximum absolute atomic E-state index is 5.00. The lowest BCUT2D eigenvalue weighted by Gasteiger charge is -2.20. The molecule has 0 aliphatic rings. The summed E-state index contributed by atoms with van der Waals surface area (Å²) in [5.41, 5.74) is 8.42. The van der Waals surface area contributed by atoms with Crippen LogP contribution in [0.5, 0.6) is 0 Å². The van der Waals surface area contributed by atoms with Crippen molar-refractivity contribution >= 4 is 54.1 Å². The van der Waals surface area contributed by atoms with Gasteiger partial charge in [-0.1, -0.05) is 140 Å². The topological polar surface area (TPSA) is 17.8 Å². The second kappa shape index (κ2) is 10.2. The number of hydrogen-bond donors (Lipinski definition) is 0. The molecule has 0 N–H and O–H groups in total. The van der Waals surface area contributed by atoms with Crippen molar-refractivity contribution in [3.8, 4) is 27.9 Å². The zero-order chi connectivity index (χ0) is 29.9. The van der Waals surface area contributed by atoms with Crippen molar-refractivity contribution in [1.29, 1.82) is 0 Å². The summed E-state index contributed by atoms with van der Waals surface area (Å²) in [6.07, 6.45) is 0.857. The van der Waals surface area contributed by atoms with Gasteiger partial charge in [0.1, 0.15) is 5.82 Å². The van der Waals surface area contributed by atoms with Crippen LogP contribution in [0.25, 0.3) is 82.1 Å². The maximum atomic E-state index is 5.00. The molecule has 0 aliphatic heterocycles. The zero-order valence-corrected chi connectivity index (χ0v) is 25.0. The number of aryl methyl sites for hydroxylation is 1. The van der Waals surface area contributed by atoms with Crippen molar-refractivity contribution in [2.45, 2.75) is 13.3 Å². The predicted octanol–water partition coefficient (Wildman–Crippen LogP) is 11.5. The van der Waals surface area contributed by atoms with Gasteiger partial charge in [0.15, 0.2) is 0 Å². The first-order chi connectivity index (χ1) is 22.3. The SMILES string of the molecule is CCc1nc2ccccc2n1-c1ccc(-c2c3ccccc3c(-c3cccc4ccccc34)c3ccccc23)c2ccccc12. The molecule has 0 saturated carbocycles.